The van der Waals surface area contributed by atoms with Gasteiger partial charge in [-0.2, -0.15) is 11.8 Å². The summed E-state index contributed by atoms with van der Waals surface area (Å²) < 4.78 is 0. The van der Waals surface area contributed by atoms with Crippen LogP contribution in [0.25, 0.3) is 0 Å². The maximum Gasteiger partial charge on any atom is 0.0400 e. The molecule has 0 saturated carbocycles. The van der Waals surface area contributed by atoms with Gasteiger partial charge in [-0.3, -0.25) is 0 Å². The normalized spacial score (nSPS) is 21.5. The molecule has 0 spiro atoms. The topological polar surface area (TPSA) is 29.3 Å². The number of thioether (sulfide) groups is 1. The zero-order valence-corrected chi connectivity index (χ0v) is 13.2. The van der Waals surface area contributed by atoms with Gasteiger partial charge in [0.05, 0.1) is 0 Å². The lowest BCUT2D eigenvalue weighted by Crippen LogP contribution is -2.37. The fourth-order valence-electron chi connectivity index (χ4n) is 2.65. The number of anilines is 1. The van der Waals surface area contributed by atoms with Crippen LogP contribution in [0.3, 0.4) is 0 Å². The minimum Gasteiger partial charge on any atom is -0.369 e. The second kappa shape index (κ2) is 6.67. The monoisotopic (exact) mass is 278 g/mol. The fourth-order valence-corrected chi connectivity index (χ4v) is 3.66. The lowest BCUT2D eigenvalue weighted by atomic mass is 10.00. The molecule has 0 bridgehead atoms. The van der Waals surface area contributed by atoms with Crippen LogP contribution in [0.2, 0.25) is 0 Å². The Morgan fingerprint density at radius 3 is 2.95 bits per heavy atom. The van der Waals surface area contributed by atoms with Crippen molar-refractivity contribution in [3.05, 3.63) is 29.3 Å². The molecule has 106 valence electrons. The summed E-state index contributed by atoms with van der Waals surface area (Å²) >= 11 is 2.08. The van der Waals surface area contributed by atoms with Crippen molar-refractivity contribution < 1.29 is 0 Å². The highest BCUT2D eigenvalue weighted by Crippen LogP contribution is 2.28. The Morgan fingerprint density at radius 2 is 2.26 bits per heavy atom. The molecule has 0 aromatic heterocycles. The molecule has 1 aromatic rings. The summed E-state index contributed by atoms with van der Waals surface area (Å²) in [6.45, 7) is 8.97. The summed E-state index contributed by atoms with van der Waals surface area (Å²) in [5.41, 5.74) is 10.3. The van der Waals surface area contributed by atoms with Gasteiger partial charge < -0.3 is 10.6 Å². The predicted octanol–water partition coefficient (Wildman–Crippen LogP) is 3.22. The number of benzene rings is 1. The van der Waals surface area contributed by atoms with Gasteiger partial charge >= 0.3 is 0 Å². The number of rotatable bonds is 4. The molecule has 1 aromatic carbocycles. The first-order chi connectivity index (χ1) is 9.10. The fraction of sp³-hybridized carbons (Fsp3) is 0.625. The third kappa shape index (κ3) is 3.90. The largest absolute Gasteiger partial charge is 0.369 e. The number of aryl methyl sites for hydroxylation is 1. The van der Waals surface area contributed by atoms with Gasteiger partial charge in [-0.05, 0) is 31.4 Å². The van der Waals surface area contributed by atoms with Crippen LogP contribution < -0.4 is 10.6 Å². The summed E-state index contributed by atoms with van der Waals surface area (Å²) in [4.78, 5) is 2.54. The molecule has 2 N–H and O–H groups in total. The minimum atomic E-state index is 0.275. The van der Waals surface area contributed by atoms with E-state index in [2.05, 4.69) is 55.6 Å². The van der Waals surface area contributed by atoms with Crippen molar-refractivity contribution in [3.8, 4) is 0 Å². The van der Waals surface area contributed by atoms with Crippen molar-refractivity contribution in [1.82, 2.24) is 0 Å². The maximum atomic E-state index is 6.16. The smallest absolute Gasteiger partial charge is 0.0400 e. The first-order valence-corrected chi connectivity index (χ1v) is 8.36. The lowest BCUT2D eigenvalue weighted by molar-refractivity contribution is 0.643. The molecule has 1 saturated heterocycles. The Balaban J connectivity index is 2.22. The van der Waals surface area contributed by atoms with Crippen molar-refractivity contribution in [2.45, 2.75) is 44.9 Å². The number of hydrogen-bond donors (Lipinski definition) is 1. The van der Waals surface area contributed by atoms with E-state index in [1.807, 2.05) is 0 Å². The van der Waals surface area contributed by atoms with E-state index in [-0.39, 0.29) is 6.04 Å². The van der Waals surface area contributed by atoms with Gasteiger partial charge in [-0.15, -0.1) is 0 Å². The van der Waals surface area contributed by atoms with Gasteiger partial charge in [0.1, 0.15) is 0 Å². The van der Waals surface area contributed by atoms with Gasteiger partial charge in [0.15, 0.2) is 0 Å². The van der Waals surface area contributed by atoms with Gasteiger partial charge in [-0.1, -0.05) is 31.5 Å². The molecule has 19 heavy (non-hydrogen) atoms. The molecular weight excluding hydrogens is 252 g/mol. The Kier molecular flexibility index (Phi) is 5.17. The zero-order valence-electron chi connectivity index (χ0n) is 12.4. The van der Waals surface area contributed by atoms with Crippen LogP contribution in [0.15, 0.2) is 18.2 Å². The van der Waals surface area contributed by atoms with Crippen molar-refractivity contribution in [2.75, 3.05) is 23.7 Å². The Morgan fingerprint density at radius 1 is 1.47 bits per heavy atom. The van der Waals surface area contributed by atoms with Crippen LogP contribution in [0.4, 0.5) is 5.69 Å². The SMILES string of the molecule is CCC(N)Cc1cc(C)ccc1N1CCSC(C)C1. The summed E-state index contributed by atoms with van der Waals surface area (Å²) in [5, 5.41) is 0.725. The molecule has 1 fully saturated rings. The van der Waals surface area contributed by atoms with Gasteiger partial charge in [-0.25, -0.2) is 0 Å². The van der Waals surface area contributed by atoms with E-state index in [0.29, 0.717) is 0 Å². The Hall–Kier alpha value is -0.670. The second-order valence-corrected chi connectivity index (χ2v) is 7.18. The summed E-state index contributed by atoms with van der Waals surface area (Å²) in [5.74, 6) is 1.23. The zero-order chi connectivity index (χ0) is 13.8. The summed E-state index contributed by atoms with van der Waals surface area (Å²) in [7, 11) is 0. The Bertz CT molecular complexity index is 419. The average molecular weight is 278 g/mol. The third-order valence-electron chi connectivity index (χ3n) is 3.82. The highest BCUT2D eigenvalue weighted by atomic mass is 32.2. The third-order valence-corrected chi connectivity index (χ3v) is 4.96. The van der Waals surface area contributed by atoms with Crippen LogP contribution >= 0.6 is 11.8 Å². The van der Waals surface area contributed by atoms with E-state index in [1.165, 1.54) is 22.6 Å². The van der Waals surface area contributed by atoms with Crippen molar-refractivity contribution in [2.24, 2.45) is 5.73 Å². The molecule has 2 atom stereocenters. The summed E-state index contributed by atoms with van der Waals surface area (Å²) in [6, 6.07) is 7.10. The van der Waals surface area contributed by atoms with E-state index in [1.54, 1.807) is 0 Å². The highest BCUT2D eigenvalue weighted by molar-refractivity contribution is 8.00. The van der Waals surface area contributed by atoms with Gasteiger partial charge in [0.25, 0.3) is 0 Å². The summed E-state index contributed by atoms with van der Waals surface area (Å²) in [6.07, 6.45) is 2.03. The number of nitrogens with zero attached hydrogens (tertiary/aromatic N) is 1. The molecule has 1 aliphatic heterocycles. The quantitative estimate of drug-likeness (QED) is 0.917. The minimum absolute atomic E-state index is 0.275. The lowest BCUT2D eigenvalue weighted by Gasteiger charge is -2.34. The molecule has 0 amide bonds. The van der Waals surface area contributed by atoms with Gasteiger partial charge in [0, 0.05) is 35.8 Å². The standard InChI is InChI=1S/C16H26N2S/c1-4-15(17)10-14-9-12(2)5-6-16(14)18-7-8-19-13(3)11-18/h5-6,9,13,15H,4,7-8,10-11,17H2,1-3H3. The van der Waals surface area contributed by atoms with Crippen LogP contribution in [0.1, 0.15) is 31.4 Å². The maximum absolute atomic E-state index is 6.16. The van der Waals surface area contributed by atoms with Crippen LogP contribution in [-0.4, -0.2) is 30.1 Å². The van der Waals surface area contributed by atoms with Gasteiger partial charge in [0.2, 0.25) is 0 Å². The Labute approximate surface area is 121 Å². The van der Waals surface area contributed by atoms with Crippen LogP contribution in [0, 0.1) is 6.92 Å². The van der Waals surface area contributed by atoms with Crippen molar-refractivity contribution >= 4 is 17.4 Å². The molecule has 0 radical (unpaired) electrons. The molecule has 1 heterocycles. The predicted molar refractivity (Wildman–Crippen MR) is 87.3 cm³/mol. The molecule has 2 nitrogen and oxygen atoms in total. The molecule has 1 aliphatic rings. The number of hydrogen-bond acceptors (Lipinski definition) is 3. The van der Waals surface area contributed by atoms with E-state index in [0.717, 1.165) is 31.2 Å². The number of nitrogens with two attached hydrogens (primary N) is 1. The van der Waals surface area contributed by atoms with Crippen LogP contribution in [-0.2, 0) is 6.42 Å². The molecule has 2 unspecified atom stereocenters. The van der Waals surface area contributed by atoms with Crippen LogP contribution in [0.5, 0.6) is 0 Å². The average Bonchev–Trinajstić information content (AvgIpc) is 2.38. The first-order valence-electron chi connectivity index (χ1n) is 7.31. The van der Waals surface area contributed by atoms with E-state index in [4.69, 9.17) is 5.73 Å². The van der Waals surface area contributed by atoms with Crippen molar-refractivity contribution in [1.29, 1.82) is 0 Å². The second-order valence-electron chi connectivity index (χ2n) is 5.63. The van der Waals surface area contributed by atoms with E-state index >= 15 is 0 Å². The van der Waals surface area contributed by atoms with E-state index < -0.39 is 0 Å². The molecule has 3 heteroatoms. The molecule has 2 rings (SSSR count). The highest BCUT2D eigenvalue weighted by Gasteiger charge is 2.19. The molecular formula is C16H26N2S. The molecule has 0 aliphatic carbocycles. The van der Waals surface area contributed by atoms with Crippen molar-refractivity contribution in [3.63, 3.8) is 0 Å². The first kappa shape index (κ1) is 14.7. The van der Waals surface area contributed by atoms with E-state index in [9.17, 15) is 0 Å².